The zero-order chi connectivity index (χ0) is 16.1. The van der Waals surface area contributed by atoms with Gasteiger partial charge in [0.2, 0.25) is 0 Å². The van der Waals surface area contributed by atoms with Crippen LogP contribution in [0.3, 0.4) is 0 Å². The molecule has 0 saturated heterocycles. The Morgan fingerprint density at radius 2 is 1.62 bits per heavy atom. The molecule has 0 aliphatic heterocycles. The van der Waals surface area contributed by atoms with Gasteiger partial charge in [-0.2, -0.15) is 0 Å². The van der Waals surface area contributed by atoms with Crippen LogP contribution in [0.2, 0.25) is 0 Å². The lowest BCUT2D eigenvalue weighted by Gasteiger charge is -2.07. The normalized spacial score (nSPS) is 11.5. The van der Waals surface area contributed by atoms with E-state index in [1.54, 1.807) is 6.20 Å². The topological polar surface area (TPSA) is 38.9 Å². The summed E-state index contributed by atoms with van der Waals surface area (Å²) in [7, 11) is 2.09. The second kappa shape index (κ2) is 4.93. The molecule has 0 bridgehead atoms. The Kier molecular flexibility index (Phi) is 2.74. The molecule has 2 aromatic carbocycles. The van der Waals surface area contributed by atoms with Crippen LogP contribution in [0.15, 0.2) is 71.4 Å². The van der Waals surface area contributed by atoms with Gasteiger partial charge in [-0.1, -0.05) is 24.3 Å². The van der Waals surface area contributed by atoms with Crippen molar-refractivity contribution in [3.8, 4) is 11.1 Å². The van der Waals surface area contributed by atoms with Crippen LogP contribution in [-0.4, -0.2) is 17.8 Å². The Morgan fingerprint density at radius 1 is 0.792 bits per heavy atom. The second-order valence-electron chi connectivity index (χ2n) is 6.00. The predicted octanol–water partition coefficient (Wildman–Crippen LogP) is 3.45. The van der Waals surface area contributed by atoms with Gasteiger partial charge in [0.25, 0.3) is 0 Å². The Bertz CT molecular complexity index is 1220. The van der Waals surface area contributed by atoms with E-state index in [2.05, 4.69) is 42.1 Å². The number of hydrogen-bond donors (Lipinski definition) is 0. The van der Waals surface area contributed by atoms with Crippen LogP contribution >= 0.6 is 0 Å². The third kappa shape index (κ3) is 1.86. The first-order chi connectivity index (χ1) is 11.8. The summed E-state index contributed by atoms with van der Waals surface area (Å²) in [5.41, 5.74) is 6.08. The average Bonchev–Trinajstić information content (AvgIpc) is 3.01. The number of fused-ring (bicyclic) bond motifs is 4. The zero-order valence-electron chi connectivity index (χ0n) is 13.2. The van der Waals surface area contributed by atoms with E-state index in [-0.39, 0.29) is 0 Å². The van der Waals surface area contributed by atoms with Crippen LogP contribution in [0, 0.1) is 0 Å². The smallest absolute Gasteiger partial charge is 0.159 e. The molecule has 0 amide bonds. The molecule has 3 aromatic heterocycles. The molecule has 0 aliphatic rings. The predicted molar refractivity (Wildman–Crippen MR) is 100 cm³/mol. The van der Waals surface area contributed by atoms with Crippen LogP contribution in [0.5, 0.6) is 0 Å². The van der Waals surface area contributed by atoms with Crippen LogP contribution < -0.4 is 5.46 Å². The van der Waals surface area contributed by atoms with E-state index in [4.69, 9.17) is 4.42 Å². The van der Waals surface area contributed by atoms with Gasteiger partial charge in [0.15, 0.2) is 5.65 Å². The lowest BCUT2D eigenvalue weighted by Crippen LogP contribution is -2.03. The molecule has 0 radical (unpaired) electrons. The minimum atomic E-state index is 0.768. The van der Waals surface area contributed by atoms with Crippen LogP contribution in [0.1, 0.15) is 0 Å². The van der Waals surface area contributed by atoms with Gasteiger partial charge >= 0.3 is 0 Å². The molecule has 5 rings (SSSR count). The molecule has 4 heteroatoms. The van der Waals surface area contributed by atoms with Gasteiger partial charge < -0.3 is 4.42 Å². The van der Waals surface area contributed by atoms with Crippen molar-refractivity contribution in [3.63, 3.8) is 0 Å². The van der Waals surface area contributed by atoms with Crippen molar-refractivity contribution < 1.29 is 4.42 Å². The molecule has 0 unspecified atom stereocenters. The third-order valence-corrected chi connectivity index (χ3v) is 4.49. The van der Waals surface area contributed by atoms with E-state index in [1.807, 2.05) is 36.5 Å². The first-order valence-electron chi connectivity index (χ1n) is 7.93. The molecule has 0 atom stereocenters. The lowest BCUT2D eigenvalue weighted by molar-refractivity contribution is 0.671. The molecule has 112 valence electrons. The molecular formula is C20H13BN2O. The van der Waals surface area contributed by atoms with Gasteiger partial charge in [0, 0.05) is 28.6 Å². The van der Waals surface area contributed by atoms with E-state index in [0.29, 0.717) is 0 Å². The summed E-state index contributed by atoms with van der Waals surface area (Å²) in [5.74, 6) is 0. The van der Waals surface area contributed by atoms with Crippen LogP contribution in [0.4, 0.5) is 0 Å². The molecule has 0 spiro atoms. The number of rotatable bonds is 1. The Hall–Kier alpha value is -3.14. The maximum absolute atomic E-state index is 6.04. The summed E-state index contributed by atoms with van der Waals surface area (Å²) in [6, 6.07) is 18.6. The third-order valence-electron chi connectivity index (χ3n) is 4.49. The highest BCUT2D eigenvalue weighted by molar-refractivity contribution is 6.39. The first-order valence-corrected chi connectivity index (χ1v) is 7.93. The van der Waals surface area contributed by atoms with Crippen molar-refractivity contribution in [3.05, 3.63) is 67.0 Å². The maximum Gasteiger partial charge on any atom is 0.159 e. The fourth-order valence-corrected chi connectivity index (χ4v) is 3.39. The molecule has 0 N–H and O–H groups in total. The van der Waals surface area contributed by atoms with Gasteiger partial charge in [0.1, 0.15) is 19.0 Å². The summed E-state index contributed by atoms with van der Waals surface area (Å²) in [4.78, 5) is 8.72. The summed E-state index contributed by atoms with van der Waals surface area (Å²) in [6.07, 6.45) is 3.59. The molecule has 0 saturated carbocycles. The molecule has 3 heterocycles. The van der Waals surface area contributed by atoms with Crippen molar-refractivity contribution in [1.29, 1.82) is 0 Å². The van der Waals surface area contributed by atoms with E-state index >= 15 is 0 Å². The largest absolute Gasteiger partial charge is 0.457 e. The molecule has 0 fully saturated rings. The van der Waals surface area contributed by atoms with Crippen molar-refractivity contribution in [2.24, 2.45) is 0 Å². The highest BCUT2D eigenvalue weighted by Gasteiger charge is 2.12. The van der Waals surface area contributed by atoms with E-state index < -0.39 is 0 Å². The molecule has 3 nitrogen and oxygen atoms in total. The van der Waals surface area contributed by atoms with Gasteiger partial charge in [-0.15, -0.1) is 0 Å². The summed E-state index contributed by atoms with van der Waals surface area (Å²) >= 11 is 0. The quantitative estimate of drug-likeness (QED) is 0.445. The van der Waals surface area contributed by atoms with Crippen molar-refractivity contribution in [1.82, 2.24) is 9.97 Å². The second-order valence-corrected chi connectivity index (χ2v) is 6.00. The summed E-state index contributed by atoms with van der Waals surface area (Å²) in [6.45, 7) is 0. The number of para-hydroxylation sites is 1. The Morgan fingerprint density at radius 3 is 2.58 bits per heavy atom. The van der Waals surface area contributed by atoms with Crippen molar-refractivity contribution >= 4 is 46.3 Å². The van der Waals surface area contributed by atoms with Gasteiger partial charge in [-0.3, -0.25) is 0 Å². The highest BCUT2D eigenvalue weighted by Crippen LogP contribution is 2.33. The summed E-state index contributed by atoms with van der Waals surface area (Å²) in [5, 5.41) is 3.36. The number of furan rings is 1. The Balaban J connectivity index is 1.88. The molecule has 0 aliphatic carbocycles. The fourth-order valence-electron chi connectivity index (χ4n) is 3.39. The highest BCUT2D eigenvalue weighted by atomic mass is 16.3. The number of pyridine rings is 2. The van der Waals surface area contributed by atoms with Crippen LogP contribution in [0.25, 0.3) is 44.1 Å². The molecule has 5 aromatic rings. The van der Waals surface area contributed by atoms with E-state index in [1.165, 1.54) is 0 Å². The average molecular weight is 308 g/mol. The number of aromatic nitrogens is 2. The SMILES string of the molecule is Bc1cc(-c2ccnc3ncccc23)cc2c1oc1ccccc12. The van der Waals surface area contributed by atoms with Gasteiger partial charge in [-0.05, 0) is 46.9 Å². The minimum Gasteiger partial charge on any atom is -0.457 e. The van der Waals surface area contributed by atoms with Crippen molar-refractivity contribution in [2.75, 3.05) is 0 Å². The Labute approximate surface area is 139 Å². The lowest BCUT2D eigenvalue weighted by atomic mass is 9.89. The van der Waals surface area contributed by atoms with Crippen LogP contribution in [-0.2, 0) is 0 Å². The standard InChI is InChI=1S/C20H13BN2O/c21-17-11-12(13-7-9-23-20-15(13)5-3-8-22-20)10-16-14-4-1-2-6-18(14)24-19(16)17/h1-11H,21H2. The maximum atomic E-state index is 6.04. The minimum absolute atomic E-state index is 0.768. The van der Waals surface area contributed by atoms with E-state index in [0.717, 1.165) is 49.6 Å². The monoisotopic (exact) mass is 308 g/mol. The fraction of sp³-hybridized carbons (Fsp3) is 0. The molecule has 24 heavy (non-hydrogen) atoms. The summed E-state index contributed by atoms with van der Waals surface area (Å²) < 4.78 is 6.04. The first kappa shape index (κ1) is 13.3. The van der Waals surface area contributed by atoms with E-state index in [9.17, 15) is 0 Å². The van der Waals surface area contributed by atoms with Gasteiger partial charge in [-0.25, -0.2) is 9.97 Å². The number of hydrogen-bond acceptors (Lipinski definition) is 3. The zero-order valence-corrected chi connectivity index (χ0v) is 13.2. The number of benzene rings is 2. The number of nitrogens with zero attached hydrogens (tertiary/aromatic N) is 2. The van der Waals surface area contributed by atoms with Gasteiger partial charge in [0.05, 0.1) is 0 Å². The van der Waals surface area contributed by atoms with Crippen molar-refractivity contribution in [2.45, 2.75) is 0 Å². The molecular weight excluding hydrogens is 295 g/mol.